The summed E-state index contributed by atoms with van der Waals surface area (Å²) in [6.45, 7) is 17.3. The number of carbonyl (C=O) groups excluding carboxylic acids is 1. The van der Waals surface area contributed by atoms with Gasteiger partial charge in [0.25, 0.3) is 0 Å². The molecule has 0 aliphatic rings. The number of carbonyl (C=O) groups is 1. The molecule has 0 saturated carbocycles. The number of unbranched alkanes of at least 4 members (excludes halogenated alkanes) is 3. The van der Waals surface area contributed by atoms with Crippen LogP contribution < -0.4 is 0 Å². The fourth-order valence-electron chi connectivity index (χ4n) is 4.48. The maximum absolute atomic E-state index is 12.1. The summed E-state index contributed by atoms with van der Waals surface area (Å²) in [6.07, 6.45) is 19.1. The zero-order valence-corrected chi connectivity index (χ0v) is 25.7. The van der Waals surface area contributed by atoms with Crippen LogP contribution in [0.3, 0.4) is 0 Å². The van der Waals surface area contributed by atoms with Gasteiger partial charge in [-0.05, 0) is 0 Å². The van der Waals surface area contributed by atoms with Crippen LogP contribution in [0.1, 0.15) is 120 Å². The molecule has 186 valence electrons. The van der Waals surface area contributed by atoms with Crippen molar-refractivity contribution < 1.29 is 9.53 Å². The molecule has 0 aromatic carbocycles. The van der Waals surface area contributed by atoms with Crippen molar-refractivity contribution in [3.63, 3.8) is 0 Å². The van der Waals surface area contributed by atoms with Gasteiger partial charge in [0.2, 0.25) is 0 Å². The van der Waals surface area contributed by atoms with E-state index in [4.69, 9.17) is 4.74 Å². The molecule has 0 heterocycles. The van der Waals surface area contributed by atoms with E-state index in [1.807, 2.05) is 0 Å². The van der Waals surface area contributed by atoms with Crippen LogP contribution >= 0.6 is 0 Å². The van der Waals surface area contributed by atoms with E-state index in [-0.39, 0.29) is 10.1 Å². The molecule has 32 heavy (non-hydrogen) atoms. The normalized spacial score (nSPS) is 13.8. The van der Waals surface area contributed by atoms with Crippen LogP contribution in [0.4, 0.5) is 0 Å². The molecular weight excluding hydrogens is 499 g/mol. The molecular formula is C29H54O2Sn. The molecule has 0 N–H and O–H groups in total. The van der Waals surface area contributed by atoms with Gasteiger partial charge in [0, 0.05) is 0 Å². The second kappa shape index (κ2) is 18.9. The van der Waals surface area contributed by atoms with Gasteiger partial charge in [-0.1, -0.05) is 0 Å². The van der Waals surface area contributed by atoms with Crippen molar-refractivity contribution in [2.75, 3.05) is 0 Å². The van der Waals surface area contributed by atoms with E-state index in [0.717, 1.165) is 25.7 Å². The first-order valence-corrected chi connectivity index (χ1v) is 21.0. The van der Waals surface area contributed by atoms with Crippen LogP contribution in [0.25, 0.3) is 0 Å². The molecule has 0 aromatic rings. The van der Waals surface area contributed by atoms with E-state index in [0.29, 0.717) is 0 Å². The van der Waals surface area contributed by atoms with E-state index in [1.165, 1.54) is 68.6 Å². The summed E-state index contributed by atoms with van der Waals surface area (Å²) < 4.78 is 10.3. The second-order valence-corrected chi connectivity index (χ2v) is 23.8. The van der Waals surface area contributed by atoms with E-state index in [9.17, 15) is 4.79 Å². The molecule has 0 bridgehead atoms. The van der Waals surface area contributed by atoms with Crippen molar-refractivity contribution in [1.29, 1.82) is 0 Å². The summed E-state index contributed by atoms with van der Waals surface area (Å²) in [5, 5.41) is 0. The molecule has 1 atom stereocenters. The molecule has 0 rings (SSSR count). The second-order valence-electron chi connectivity index (χ2n) is 10.1. The Balaban J connectivity index is 5.52. The Morgan fingerprint density at radius 2 is 1.22 bits per heavy atom. The monoisotopic (exact) mass is 554 g/mol. The Kier molecular flexibility index (Phi) is 18.6. The number of hydrogen-bond acceptors (Lipinski definition) is 2. The van der Waals surface area contributed by atoms with Gasteiger partial charge in [-0.15, -0.1) is 0 Å². The topological polar surface area (TPSA) is 26.3 Å². The van der Waals surface area contributed by atoms with Crippen LogP contribution in [0.15, 0.2) is 34.9 Å². The molecule has 1 unspecified atom stereocenters. The van der Waals surface area contributed by atoms with Crippen molar-refractivity contribution in [3.05, 3.63) is 34.9 Å². The van der Waals surface area contributed by atoms with Gasteiger partial charge in [-0.2, -0.15) is 0 Å². The van der Waals surface area contributed by atoms with Crippen molar-refractivity contribution in [1.82, 2.24) is 0 Å². The molecule has 3 heteroatoms. The average Bonchev–Trinajstić information content (AvgIpc) is 2.72. The predicted molar refractivity (Wildman–Crippen MR) is 146 cm³/mol. The number of allylic oxidation sites excluding steroid dienone is 5. The number of esters is 1. The van der Waals surface area contributed by atoms with Crippen molar-refractivity contribution in [2.24, 2.45) is 0 Å². The summed E-state index contributed by atoms with van der Waals surface area (Å²) in [6, 6.07) is 0. The van der Waals surface area contributed by atoms with Gasteiger partial charge in [-0.3, -0.25) is 0 Å². The summed E-state index contributed by atoms with van der Waals surface area (Å²) in [4.78, 5) is 12.1. The third-order valence-electron chi connectivity index (χ3n) is 6.54. The Labute approximate surface area is 205 Å². The van der Waals surface area contributed by atoms with Crippen molar-refractivity contribution in [3.8, 4) is 0 Å². The summed E-state index contributed by atoms with van der Waals surface area (Å²) >= 11 is -2.68. The van der Waals surface area contributed by atoms with E-state index in [1.54, 1.807) is 6.92 Å². The van der Waals surface area contributed by atoms with Gasteiger partial charge < -0.3 is 0 Å². The molecule has 0 fully saturated rings. The summed E-state index contributed by atoms with van der Waals surface area (Å²) in [7, 11) is 0. The maximum atomic E-state index is 12.1. The SMILES string of the molecule is CCC[CH2][Sn]([CH2]CCC)([CH2]CCC)[CH](/C=C(/C)CC/C=C(\C)CCC=C(C)C)OC(C)=O. The van der Waals surface area contributed by atoms with Crippen LogP contribution in [-0.2, 0) is 9.53 Å². The molecule has 2 nitrogen and oxygen atoms in total. The molecule has 0 aliphatic heterocycles. The zero-order valence-electron chi connectivity index (χ0n) is 22.8. The molecule has 0 aliphatic carbocycles. The van der Waals surface area contributed by atoms with Gasteiger partial charge in [0.15, 0.2) is 0 Å². The van der Waals surface area contributed by atoms with E-state index < -0.39 is 18.4 Å². The molecule has 0 saturated heterocycles. The first kappa shape index (κ1) is 31.5. The van der Waals surface area contributed by atoms with Crippen LogP contribution in [0, 0.1) is 0 Å². The van der Waals surface area contributed by atoms with Crippen molar-refractivity contribution >= 4 is 24.3 Å². The van der Waals surface area contributed by atoms with Gasteiger partial charge in [0.05, 0.1) is 0 Å². The molecule has 0 amide bonds. The minimum atomic E-state index is -2.68. The van der Waals surface area contributed by atoms with Crippen LogP contribution in [0.2, 0.25) is 13.3 Å². The number of hydrogen-bond donors (Lipinski definition) is 0. The van der Waals surface area contributed by atoms with Crippen LogP contribution in [0.5, 0.6) is 0 Å². The summed E-state index contributed by atoms with van der Waals surface area (Å²) in [5.41, 5.74) is 4.28. The summed E-state index contributed by atoms with van der Waals surface area (Å²) in [5.74, 6) is -0.0976. The van der Waals surface area contributed by atoms with Crippen LogP contribution in [-0.4, -0.2) is 28.5 Å². The zero-order chi connectivity index (χ0) is 24.4. The Bertz CT molecular complexity index is 575. The molecule has 0 spiro atoms. The standard InChI is InChI=1S/C17H27O2.3C4H9.Sn/c1-14(2)8-6-9-15(3)10-7-11-16(4)12-13-19-17(5)18;3*1-3-4-2;/h8,10,12-13H,6-7,9,11H2,1-5H3;3*1,3-4H2,2H3;/b15-10+,16-12-;;;;. The third-order valence-corrected chi connectivity index (χ3v) is 22.4. The first-order chi connectivity index (χ1) is 15.2. The van der Waals surface area contributed by atoms with Gasteiger partial charge >= 0.3 is 206 Å². The third kappa shape index (κ3) is 14.6. The average molecular weight is 553 g/mol. The number of rotatable bonds is 18. The Hall–Kier alpha value is -0.511. The van der Waals surface area contributed by atoms with Crippen molar-refractivity contribution in [2.45, 2.75) is 137 Å². The number of ether oxygens (including phenoxy) is 1. The van der Waals surface area contributed by atoms with Gasteiger partial charge in [-0.25, -0.2) is 0 Å². The molecule has 0 aromatic heterocycles. The first-order valence-electron chi connectivity index (χ1n) is 13.3. The quantitative estimate of drug-likeness (QED) is 0.0960. The fraction of sp³-hybridized carbons (Fsp3) is 0.759. The van der Waals surface area contributed by atoms with E-state index >= 15 is 0 Å². The van der Waals surface area contributed by atoms with E-state index in [2.05, 4.69) is 66.7 Å². The Morgan fingerprint density at radius 3 is 1.66 bits per heavy atom. The molecule has 0 radical (unpaired) electrons. The van der Waals surface area contributed by atoms with Gasteiger partial charge in [0.1, 0.15) is 0 Å². The Morgan fingerprint density at radius 1 is 0.750 bits per heavy atom. The fourth-order valence-corrected chi connectivity index (χ4v) is 21.1. The predicted octanol–water partition coefficient (Wildman–Crippen LogP) is 9.73. The minimum absolute atomic E-state index is 0.0976.